The third-order valence-electron chi connectivity index (χ3n) is 5.08. The van der Waals surface area contributed by atoms with Crippen molar-refractivity contribution in [3.05, 3.63) is 36.4 Å². The number of benzene rings is 1. The molecule has 0 atom stereocenters. The van der Waals surface area contributed by atoms with Gasteiger partial charge < -0.3 is 24.3 Å². The number of imidazole rings is 1. The molecule has 2 amide bonds. The summed E-state index contributed by atoms with van der Waals surface area (Å²) in [6, 6.07) is 5.33. The summed E-state index contributed by atoms with van der Waals surface area (Å²) < 4.78 is 12.9. The third-order valence-corrected chi connectivity index (χ3v) is 5.08. The van der Waals surface area contributed by atoms with Gasteiger partial charge in [-0.25, -0.2) is 9.78 Å². The van der Waals surface area contributed by atoms with Crippen LogP contribution in [-0.4, -0.2) is 72.3 Å². The van der Waals surface area contributed by atoms with Crippen molar-refractivity contribution in [1.82, 2.24) is 19.4 Å². The highest BCUT2D eigenvalue weighted by Gasteiger charge is 2.22. The van der Waals surface area contributed by atoms with Crippen LogP contribution < -0.4 is 14.8 Å². The van der Waals surface area contributed by atoms with E-state index in [4.69, 9.17) is 9.47 Å². The zero-order chi connectivity index (χ0) is 19.9. The number of methoxy groups -OCH3 is 2. The Morgan fingerprint density at radius 3 is 2.61 bits per heavy atom. The van der Waals surface area contributed by atoms with Gasteiger partial charge in [0.25, 0.3) is 0 Å². The molecule has 1 N–H and O–H groups in total. The summed E-state index contributed by atoms with van der Waals surface area (Å²) in [5.74, 6) is 2.24. The van der Waals surface area contributed by atoms with E-state index >= 15 is 0 Å². The Morgan fingerprint density at radius 2 is 1.93 bits per heavy atom. The van der Waals surface area contributed by atoms with Gasteiger partial charge >= 0.3 is 6.03 Å². The highest BCUT2D eigenvalue weighted by molar-refractivity contribution is 5.91. The molecule has 0 saturated carbocycles. The van der Waals surface area contributed by atoms with Crippen molar-refractivity contribution >= 4 is 11.7 Å². The maximum Gasteiger partial charge on any atom is 0.322 e. The minimum absolute atomic E-state index is 0.117. The number of ether oxygens (including phenoxy) is 2. The third kappa shape index (κ3) is 4.56. The molecule has 28 heavy (non-hydrogen) atoms. The first-order valence-electron chi connectivity index (χ1n) is 9.65. The first-order valence-corrected chi connectivity index (χ1v) is 9.65. The molecule has 3 rings (SSSR count). The van der Waals surface area contributed by atoms with Crippen LogP contribution in [0.2, 0.25) is 0 Å². The summed E-state index contributed by atoms with van der Waals surface area (Å²) in [5, 5.41) is 2.94. The van der Waals surface area contributed by atoms with Gasteiger partial charge in [0.1, 0.15) is 5.82 Å². The minimum Gasteiger partial charge on any atom is -0.493 e. The van der Waals surface area contributed by atoms with Crippen LogP contribution in [0.4, 0.5) is 10.5 Å². The van der Waals surface area contributed by atoms with E-state index in [0.717, 1.165) is 38.4 Å². The largest absolute Gasteiger partial charge is 0.493 e. The fourth-order valence-electron chi connectivity index (χ4n) is 3.46. The van der Waals surface area contributed by atoms with E-state index in [9.17, 15) is 4.79 Å². The Kier molecular flexibility index (Phi) is 6.76. The summed E-state index contributed by atoms with van der Waals surface area (Å²) in [6.45, 7) is 7.12. The van der Waals surface area contributed by atoms with E-state index in [1.54, 1.807) is 20.3 Å². The monoisotopic (exact) mass is 387 g/mol. The van der Waals surface area contributed by atoms with Crippen molar-refractivity contribution in [1.29, 1.82) is 0 Å². The molecule has 0 spiro atoms. The Morgan fingerprint density at radius 1 is 1.14 bits per heavy atom. The van der Waals surface area contributed by atoms with Crippen molar-refractivity contribution in [2.24, 2.45) is 0 Å². The highest BCUT2D eigenvalue weighted by Crippen LogP contribution is 2.34. The highest BCUT2D eigenvalue weighted by atomic mass is 16.5. The van der Waals surface area contributed by atoms with Crippen LogP contribution in [0.15, 0.2) is 30.6 Å². The molecule has 1 aromatic carbocycles. The number of piperazine rings is 1. The van der Waals surface area contributed by atoms with E-state index in [0.29, 0.717) is 30.3 Å². The summed E-state index contributed by atoms with van der Waals surface area (Å²) in [5.41, 5.74) is 0.612. The average Bonchev–Trinajstić information content (AvgIpc) is 3.20. The summed E-state index contributed by atoms with van der Waals surface area (Å²) in [6.07, 6.45) is 4.83. The number of nitrogens with one attached hydrogen (secondary N) is 1. The van der Waals surface area contributed by atoms with Gasteiger partial charge in [0.2, 0.25) is 0 Å². The van der Waals surface area contributed by atoms with Gasteiger partial charge in [-0.15, -0.1) is 0 Å². The zero-order valence-corrected chi connectivity index (χ0v) is 16.9. The van der Waals surface area contributed by atoms with Crippen molar-refractivity contribution in [3.63, 3.8) is 0 Å². The first kappa shape index (κ1) is 20.0. The van der Waals surface area contributed by atoms with Gasteiger partial charge in [-0.1, -0.05) is 13.0 Å². The van der Waals surface area contributed by atoms with Gasteiger partial charge in [-0.3, -0.25) is 4.90 Å². The number of hydrogen-bond donors (Lipinski definition) is 1. The van der Waals surface area contributed by atoms with Crippen LogP contribution in [0.5, 0.6) is 11.5 Å². The molecule has 1 aliphatic rings. The van der Waals surface area contributed by atoms with Gasteiger partial charge in [-0.05, 0) is 12.1 Å². The van der Waals surface area contributed by atoms with E-state index < -0.39 is 0 Å². The van der Waals surface area contributed by atoms with Crippen LogP contribution >= 0.6 is 0 Å². The fourth-order valence-corrected chi connectivity index (χ4v) is 3.46. The summed E-state index contributed by atoms with van der Waals surface area (Å²) in [4.78, 5) is 21.2. The normalized spacial score (nSPS) is 14.8. The SMILES string of the molecule is CCc1nccn1CCN1CCN(C(=O)Nc2cccc(OC)c2OC)CC1. The molecule has 2 aromatic rings. The van der Waals surface area contributed by atoms with Crippen molar-refractivity contribution < 1.29 is 14.3 Å². The Hall–Kier alpha value is -2.74. The number of aryl methyl sites for hydroxylation is 1. The topological polar surface area (TPSA) is 71.9 Å². The van der Waals surface area contributed by atoms with Crippen molar-refractivity contribution in [2.45, 2.75) is 19.9 Å². The second-order valence-electron chi connectivity index (χ2n) is 6.69. The van der Waals surface area contributed by atoms with Gasteiger partial charge in [0.15, 0.2) is 11.5 Å². The number of anilines is 1. The van der Waals surface area contributed by atoms with Crippen LogP contribution in [-0.2, 0) is 13.0 Å². The standard InChI is InChI=1S/C20H29N5O3/c1-4-18-21-8-9-24(18)13-10-23-11-14-25(15-12-23)20(26)22-16-6-5-7-17(27-2)19(16)28-3/h5-9H,4,10-15H2,1-3H3,(H,22,26). The molecule has 8 heteroatoms. The molecule has 8 nitrogen and oxygen atoms in total. The molecule has 2 heterocycles. The van der Waals surface area contributed by atoms with Gasteiger partial charge in [0, 0.05) is 58.1 Å². The average molecular weight is 387 g/mol. The molecule has 0 radical (unpaired) electrons. The Balaban J connectivity index is 1.50. The van der Waals surface area contributed by atoms with Gasteiger partial charge in [0.05, 0.1) is 19.9 Å². The summed E-state index contributed by atoms with van der Waals surface area (Å²) >= 11 is 0. The molecule has 1 aromatic heterocycles. The maximum absolute atomic E-state index is 12.7. The van der Waals surface area contributed by atoms with Crippen LogP contribution in [0.25, 0.3) is 0 Å². The number of carbonyl (C=O) groups excluding carboxylic acids is 1. The number of para-hydroxylation sites is 1. The summed E-state index contributed by atoms with van der Waals surface area (Å²) in [7, 11) is 3.15. The number of rotatable bonds is 7. The molecule has 152 valence electrons. The number of carbonyl (C=O) groups is 1. The molecule has 1 saturated heterocycles. The minimum atomic E-state index is -0.117. The molecule has 0 unspecified atom stereocenters. The second kappa shape index (κ2) is 9.45. The predicted molar refractivity (Wildman–Crippen MR) is 108 cm³/mol. The van der Waals surface area contributed by atoms with E-state index in [2.05, 4.69) is 26.7 Å². The number of aromatic nitrogens is 2. The second-order valence-corrected chi connectivity index (χ2v) is 6.69. The molecular formula is C20H29N5O3. The maximum atomic E-state index is 12.7. The predicted octanol–water partition coefficient (Wildman–Crippen LogP) is 2.31. The fraction of sp³-hybridized carbons (Fsp3) is 0.500. The van der Waals surface area contributed by atoms with E-state index in [1.807, 2.05) is 29.4 Å². The van der Waals surface area contributed by atoms with Crippen LogP contribution in [0.3, 0.4) is 0 Å². The lowest BCUT2D eigenvalue weighted by molar-refractivity contribution is 0.144. The van der Waals surface area contributed by atoms with E-state index in [1.165, 1.54) is 0 Å². The Labute approximate surface area is 166 Å². The Bertz CT molecular complexity index is 784. The quantitative estimate of drug-likeness (QED) is 0.789. The molecular weight excluding hydrogens is 358 g/mol. The number of hydrogen-bond acceptors (Lipinski definition) is 5. The van der Waals surface area contributed by atoms with Crippen LogP contribution in [0, 0.1) is 0 Å². The zero-order valence-electron chi connectivity index (χ0n) is 16.9. The molecule has 0 aliphatic carbocycles. The smallest absolute Gasteiger partial charge is 0.322 e. The number of nitrogens with zero attached hydrogens (tertiary/aromatic N) is 4. The van der Waals surface area contributed by atoms with Crippen molar-refractivity contribution in [2.75, 3.05) is 52.3 Å². The molecule has 1 fully saturated rings. The van der Waals surface area contributed by atoms with Crippen molar-refractivity contribution in [3.8, 4) is 11.5 Å². The number of urea groups is 1. The lowest BCUT2D eigenvalue weighted by atomic mass is 10.2. The lowest BCUT2D eigenvalue weighted by Gasteiger charge is -2.34. The molecule has 1 aliphatic heterocycles. The van der Waals surface area contributed by atoms with Crippen LogP contribution in [0.1, 0.15) is 12.7 Å². The van der Waals surface area contributed by atoms with E-state index in [-0.39, 0.29) is 6.03 Å². The van der Waals surface area contributed by atoms with Gasteiger partial charge in [-0.2, -0.15) is 0 Å². The number of amides is 2. The lowest BCUT2D eigenvalue weighted by Crippen LogP contribution is -2.50. The first-order chi connectivity index (χ1) is 13.7. The molecule has 0 bridgehead atoms.